The van der Waals surface area contributed by atoms with Crippen LogP contribution in [0.5, 0.6) is 0 Å². The van der Waals surface area contributed by atoms with Gasteiger partial charge in [0.2, 0.25) is 12.1 Å². The summed E-state index contributed by atoms with van der Waals surface area (Å²) in [5.41, 5.74) is 0.935. The number of ether oxygens (including phenoxy) is 1. The molecule has 0 bridgehead atoms. The number of hydrogen-bond acceptors (Lipinski definition) is 4. The molecule has 98 valence electrons. The van der Waals surface area contributed by atoms with Gasteiger partial charge in [-0.15, -0.1) is 0 Å². The molecule has 0 saturated carbocycles. The highest BCUT2D eigenvalue weighted by Crippen LogP contribution is 2.37. The van der Waals surface area contributed by atoms with Gasteiger partial charge in [-0.25, -0.2) is 9.59 Å². The monoisotopic (exact) mass is 261 g/mol. The summed E-state index contributed by atoms with van der Waals surface area (Å²) in [6.07, 6.45) is -0.516. The van der Waals surface area contributed by atoms with Crippen LogP contribution in [-0.4, -0.2) is 33.9 Å². The van der Waals surface area contributed by atoms with Gasteiger partial charge in [0.15, 0.2) is 0 Å². The van der Waals surface area contributed by atoms with E-state index in [9.17, 15) is 14.4 Å². The second-order valence-corrected chi connectivity index (χ2v) is 4.54. The number of amides is 1. The molecule has 2 aliphatic rings. The molecule has 6 nitrogen and oxygen atoms in total. The summed E-state index contributed by atoms with van der Waals surface area (Å²) < 4.78 is 5.17. The average Bonchev–Trinajstić information content (AvgIpc) is 2.91. The maximum atomic E-state index is 11.9. The number of aliphatic carboxylic acids is 1. The van der Waals surface area contributed by atoms with Crippen molar-refractivity contribution in [1.82, 2.24) is 4.90 Å². The summed E-state index contributed by atoms with van der Waals surface area (Å²) >= 11 is 0. The Morgan fingerprint density at radius 3 is 2.79 bits per heavy atom. The van der Waals surface area contributed by atoms with Crippen molar-refractivity contribution in [2.75, 3.05) is 0 Å². The van der Waals surface area contributed by atoms with Gasteiger partial charge in [0.25, 0.3) is 0 Å². The first-order chi connectivity index (χ1) is 9.09. The molecule has 0 spiro atoms. The Morgan fingerprint density at radius 2 is 2.05 bits per heavy atom. The summed E-state index contributed by atoms with van der Waals surface area (Å²) in [5, 5.41) is 9.14. The van der Waals surface area contributed by atoms with Crippen molar-refractivity contribution in [2.24, 2.45) is 0 Å². The van der Waals surface area contributed by atoms with Gasteiger partial charge in [0, 0.05) is 12.0 Å². The molecular weight excluding hydrogens is 250 g/mol. The molecule has 1 amide bonds. The molecule has 0 unspecified atom stereocenters. The number of carboxylic acids is 1. The van der Waals surface area contributed by atoms with Crippen molar-refractivity contribution in [3.63, 3.8) is 0 Å². The van der Waals surface area contributed by atoms with Crippen molar-refractivity contribution in [1.29, 1.82) is 0 Å². The van der Waals surface area contributed by atoms with E-state index >= 15 is 0 Å². The third-order valence-electron chi connectivity index (χ3n) is 3.46. The first-order valence-corrected chi connectivity index (χ1v) is 5.93. The molecule has 19 heavy (non-hydrogen) atoms. The molecule has 1 aromatic carbocycles. The van der Waals surface area contributed by atoms with E-state index in [1.165, 1.54) is 0 Å². The van der Waals surface area contributed by atoms with E-state index in [4.69, 9.17) is 9.84 Å². The number of esters is 1. The minimum Gasteiger partial charge on any atom is -0.480 e. The standard InChI is InChI=1S/C13H11NO5/c15-10-6-5-9(12(16)17)14(10)11-7-3-1-2-4-8(7)13(18)19-11/h1-4,9,11H,5-6H2,(H,16,17)/t9-,11+/m0/s1. The third-order valence-corrected chi connectivity index (χ3v) is 3.46. The maximum Gasteiger partial charge on any atom is 0.340 e. The van der Waals surface area contributed by atoms with Crippen molar-refractivity contribution in [3.8, 4) is 0 Å². The van der Waals surface area contributed by atoms with Crippen molar-refractivity contribution >= 4 is 17.8 Å². The van der Waals surface area contributed by atoms with E-state index in [2.05, 4.69) is 0 Å². The molecule has 0 radical (unpaired) electrons. The SMILES string of the molecule is O=C1O[C@@H](N2C(=O)CC[C@H]2C(=O)O)c2ccccc21. The van der Waals surface area contributed by atoms with E-state index in [0.29, 0.717) is 11.1 Å². The number of likely N-dealkylation sites (tertiary alicyclic amines) is 1. The van der Waals surface area contributed by atoms with Gasteiger partial charge >= 0.3 is 11.9 Å². The lowest BCUT2D eigenvalue weighted by atomic mass is 10.1. The maximum absolute atomic E-state index is 11.9. The third kappa shape index (κ3) is 1.68. The first-order valence-electron chi connectivity index (χ1n) is 5.93. The molecule has 2 atom stereocenters. The predicted octanol–water partition coefficient (Wildman–Crippen LogP) is 0.931. The number of carboxylic acid groups (broad SMARTS) is 1. The van der Waals surface area contributed by atoms with Crippen LogP contribution in [0.2, 0.25) is 0 Å². The Hall–Kier alpha value is -2.37. The number of carbonyl (C=O) groups is 3. The normalized spacial score (nSPS) is 25.4. The lowest BCUT2D eigenvalue weighted by Crippen LogP contribution is -2.41. The number of nitrogens with zero attached hydrogens (tertiary/aromatic N) is 1. The quantitative estimate of drug-likeness (QED) is 0.801. The Morgan fingerprint density at radius 1 is 1.32 bits per heavy atom. The molecule has 1 aromatic rings. The number of benzene rings is 1. The Kier molecular flexibility index (Phi) is 2.51. The lowest BCUT2D eigenvalue weighted by molar-refractivity contribution is -0.154. The van der Waals surface area contributed by atoms with Gasteiger partial charge in [0.1, 0.15) is 6.04 Å². The summed E-state index contributed by atoms with van der Waals surface area (Å²) in [6, 6.07) is 5.77. The molecule has 2 aliphatic heterocycles. The molecule has 3 rings (SSSR count). The zero-order valence-corrected chi connectivity index (χ0v) is 9.91. The van der Waals surface area contributed by atoms with Crippen LogP contribution in [-0.2, 0) is 14.3 Å². The van der Waals surface area contributed by atoms with E-state index in [0.717, 1.165) is 4.90 Å². The molecule has 6 heteroatoms. The zero-order chi connectivity index (χ0) is 13.6. The van der Waals surface area contributed by atoms with Crippen LogP contribution in [0, 0.1) is 0 Å². The molecule has 0 aliphatic carbocycles. The van der Waals surface area contributed by atoms with Gasteiger partial charge in [-0.2, -0.15) is 0 Å². The minimum absolute atomic E-state index is 0.160. The summed E-state index contributed by atoms with van der Waals surface area (Å²) in [6.45, 7) is 0. The van der Waals surface area contributed by atoms with E-state index in [1.807, 2.05) is 0 Å². The first kappa shape index (κ1) is 11.7. The Labute approximate surface area is 108 Å². The fraction of sp³-hybridized carbons (Fsp3) is 0.308. The van der Waals surface area contributed by atoms with Crippen LogP contribution in [0.25, 0.3) is 0 Å². The van der Waals surface area contributed by atoms with Crippen LogP contribution in [0.15, 0.2) is 24.3 Å². The van der Waals surface area contributed by atoms with Gasteiger partial charge in [-0.3, -0.25) is 9.69 Å². The number of fused-ring (bicyclic) bond motifs is 1. The zero-order valence-electron chi connectivity index (χ0n) is 9.91. The van der Waals surface area contributed by atoms with E-state index in [1.54, 1.807) is 24.3 Å². The van der Waals surface area contributed by atoms with Crippen LogP contribution < -0.4 is 0 Å². The number of hydrogen-bond donors (Lipinski definition) is 1. The van der Waals surface area contributed by atoms with Crippen LogP contribution >= 0.6 is 0 Å². The molecule has 0 aromatic heterocycles. The Balaban J connectivity index is 2.01. The summed E-state index contributed by atoms with van der Waals surface area (Å²) in [7, 11) is 0. The highest BCUT2D eigenvalue weighted by molar-refractivity contribution is 5.95. The van der Waals surface area contributed by atoms with Crippen molar-refractivity contribution in [3.05, 3.63) is 35.4 Å². The number of carbonyl (C=O) groups excluding carboxylic acids is 2. The second-order valence-electron chi connectivity index (χ2n) is 4.54. The molecule has 1 N–H and O–H groups in total. The summed E-state index contributed by atoms with van der Waals surface area (Å²) in [4.78, 5) is 35.9. The Bertz CT molecular complexity index is 582. The van der Waals surface area contributed by atoms with Crippen LogP contribution in [0.3, 0.4) is 0 Å². The van der Waals surface area contributed by atoms with E-state index in [-0.39, 0.29) is 18.7 Å². The summed E-state index contributed by atoms with van der Waals surface area (Å²) in [5.74, 6) is -1.90. The van der Waals surface area contributed by atoms with Crippen molar-refractivity contribution in [2.45, 2.75) is 25.1 Å². The predicted molar refractivity (Wildman–Crippen MR) is 62.1 cm³/mol. The lowest BCUT2D eigenvalue weighted by Gasteiger charge is -2.27. The molecule has 1 fully saturated rings. The number of cyclic esters (lactones) is 1. The molecule has 1 saturated heterocycles. The van der Waals surface area contributed by atoms with Crippen LogP contribution in [0.4, 0.5) is 0 Å². The topological polar surface area (TPSA) is 83.9 Å². The minimum atomic E-state index is -1.08. The van der Waals surface area contributed by atoms with Gasteiger partial charge < -0.3 is 9.84 Å². The van der Waals surface area contributed by atoms with E-state index < -0.39 is 24.2 Å². The average molecular weight is 261 g/mol. The van der Waals surface area contributed by atoms with Gasteiger partial charge in [-0.1, -0.05) is 18.2 Å². The fourth-order valence-corrected chi connectivity index (χ4v) is 2.57. The highest BCUT2D eigenvalue weighted by Gasteiger charge is 2.46. The smallest absolute Gasteiger partial charge is 0.340 e. The number of rotatable bonds is 2. The van der Waals surface area contributed by atoms with Gasteiger partial charge in [-0.05, 0) is 12.5 Å². The van der Waals surface area contributed by atoms with Crippen LogP contribution in [0.1, 0.15) is 35.0 Å². The highest BCUT2D eigenvalue weighted by atomic mass is 16.6. The largest absolute Gasteiger partial charge is 0.480 e. The molecular formula is C13H11NO5. The van der Waals surface area contributed by atoms with Gasteiger partial charge in [0.05, 0.1) is 5.56 Å². The fourth-order valence-electron chi connectivity index (χ4n) is 2.57. The second kappa shape index (κ2) is 4.08. The molecule has 2 heterocycles. The van der Waals surface area contributed by atoms with Crippen molar-refractivity contribution < 1.29 is 24.2 Å².